The van der Waals surface area contributed by atoms with Crippen molar-refractivity contribution in [1.82, 2.24) is 5.43 Å². The third-order valence-corrected chi connectivity index (χ3v) is 4.94. The van der Waals surface area contributed by atoms with Gasteiger partial charge in [-0.2, -0.15) is 0 Å². The van der Waals surface area contributed by atoms with Crippen LogP contribution < -0.4 is 11.3 Å². The van der Waals surface area contributed by atoms with Crippen molar-refractivity contribution in [3.05, 3.63) is 35.4 Å². The number of hydrazine groups is 1. The second-order valence-corrected chi connectivity index (χ2v) is 7.17. The van der Waals surface area contributed by atoms with E-state index < -0.39 is 21.5 Å². The lowest BCUT2D eigenvalue weighted by Crippen LogP contribution is -2.37. The SMILES string of the molecule is CCS(=O)(=O)CCCC(Cc1ccc(F)c(F)c1)NN. The fourth-order valence-corrected chi connectivity index (χ4v) is 2.78. The molecule has 0 aliphatic heterocycles. The number of nitrogens with one attached hydrogen (secondary N) is 1. The molecule has 3 N–H and O–H groups in total. The normalized spacial score (nSPS) is 13.4. The van der Waals surface area contributed by atoms with Crippen molar-refractivity contribution in [2.75, 3.05) is 11.5 Å². The van der Waals surface area contributed by atoms with Crippen LogP contribution in [0.2, 0.25) is 0 Å². The Morgan fingerprint density at radius 1 is 1.30 bits per heavy atom. The van der Waals surface area contributed by atoms with Gasteiger partial charge < -0.3 is 0 Å². The molecule has 0 spiro atoms. The molecule has 7 heteroatoms. The number of hydrogen-bond acceptors (Lipinski definition) is 4. The average molecular weight is 306 g/mol. The number of rotatable bonds is 8. The van der Waals surface area contributed by atoms with Gasteiger partial charge in [-0.15, -0.1) is 0 Å². The van der Waals surface area contributed by atoms with Gasteiger partial charge in [0.25, 0.3) is 0 Å². The van der Waals surface area contributed by atoms with E-state index in [1.54, 1.807) is 6.92 Å². The molecule has 0 aromatic heterocycles. The lowest BCUT2D eigenvalue weighted by molar-refractivity contribution is 0.478. The van der Waals surface area contributed by atoms with Crippen LogP contribution in [0.15, 0.2) is 18.2 Å². The van der Waals surface area contributed by atoms with Crippen molar-refractivity contribution in [3.8, 4) is 0 Å². The molecule has 0 aliphatic rings. The van der Waals surface area contributed by atoms with Gasteiger partial charge in [0.1, 0.15) is 9.84 Å². The summed E-state index contributed by atoms with van der Waals surface area (Å²) in [5.74, 6) is 3.85. The molecule has 0 heterocycles. The fraction of sp³-hybridized carbons (Fsp3) is 0.538. The van der Waals surface area contributed by atoms with Gasteiger partial charge in [-0.1, -0.05) is 13.0 Å². The van der Waals surface area contributed by atoms with Crippen LogP contribution in [0.3, 0.4) is 0 Å². The van der Waals surface area contributed by atoms with Crippen molar-refractivity contribution in [2.24, 2.45) is 5.84 Å². The van der Waals surface area contributed by atoms with Gasteiger partial charge in [0, 0.05) is 11.8 Å². The Hall–Kier alpha value is -1.05. The Morgan fingerprint density at radius 3 is 2.55 bits per heavy atom. The Kier molecular flexibility index (Phi) is 6.51. The molecule has 0 fully saturated rings. The van der Waals surface area contributed by atoms with E-state index in [9.17, 15) is 17.2 Å². The summed E-state index contributed by atoms with van der Waals surface area (Å²) >= 11 is 0. The highest BCUT2D eigenvalue weighted by atomic mass is 32.2. The lowest BCUT2D eigenvalue weighted by atomic mass is 10.0. The van der Waals surface area contributed by atoms with E-state index in [1.165, 1.54) is 6.07 Å². The Morgan fingerprint density at radius 2 is 2.00 bits per heavy atom. The van der Waals surface area contributed by atoms with Crippen LogP contribution in [0.25, 0.3) is 0 Å². The predicted molar refractivity (Wildman–Crippen MR) is 74.7 cm³/mol. The molecule has 1 atom stereocenters. The Bertz CT molecular complexity index is 535. The molecular weight excluding hydrogens is 286 g/mol. The minimum Gasteiger partial charge on any atom is -0.271 e. The highest BCUT2D eigenvalue weighted by molar-refractivity contribution is 7.91. The van der Waals surface area contributed by atoms with E-state index in [1.807, 2.05) is 0 Å². The van der Waals surface area contributed by atoms with E-state index in [-0.39, 0.29) is 17.5 Å². The third kappa shape index (κ3) is 5.52. The summed E-state index contributed by atoms with van der Waals surface area (Å²) in [7, 11) is -2.99. The zero-order valence-electron chi connectivity index (χ0n) is 11.4. The van der Waals surface area contributed by atoms with Gasteiger partial charge in [-0.05, 0) is 37.0 Å². The monoisotopic (exact) mass is 306 g/mol. The van der Waals surface area contributed by atoms with Crippen LogP contribution in [0.5, 0.6) is 0 Å². The van der Waals surface area contributed by atoms with Crippen molar-refractivity contribution in [2.45, 2.75) is 32.2 Å². The predicted octanol–water partition coefficient (Wildman–Crippen LogP) is 1.55. The third-order valence-electron chi connectivity index (χ3n) is 3.15. The van der Waals surface area contributed by atoms with Gasteiger partial charge in [0.2, 0.25) is 0 Å². The topological polar surface area (TPSA) is 72.2 Å². The van der Waals surface area contributed by atoms with Crippen LogP contribution in [-0.4, -0.2) is 26.0 Å². The molecule has 1 unspecified atom stereocenters. The van der Waals surface area contributed by atoms with Crippen LogP contribution in [0.1, 0.15) is 25.3 Å². The van der Waals surface area contributed by atoms with Gasteiger partial charge in [-0.25, -0.2) is 17.2 Å². The first-order valence-corrected chi connectivity index (χ1v) is 8.30. The molecule has 1 aromatic rings. The molecule has 20 heavy (non-hydrogen) atoms. The maximum Gasteiger partial charge on any atom is 0.159 e. The summed E-state index contributed by atoms with van der Waals surface area (Å²) in [5, 5.41) is 0. The standard InChI is InChI=1S/C13H20F2N2O2S/c1-2-20(18,19)7-3-4-11(17-16)8-10-5-6-12(14)13(15)9-10/h5-6,9,11,17H,2-4,7-8,16H2,1H3. The zero-order chi connectivity index (χ0) is 15.2. The average Bonchev–Trinajstić information content (AvgIpc) is 2.41. The van der Waals surface area contributed by atoms with E-state index in [0.29, 0.717) is 24.8 Å². The van der Waals surface area contributed by atoms with Crippen LogP contribution >= 0.6 is 0 Å². The molecular formula is C13H20F2N2O2S. The summed E-state index contributed by atoms with van der Waals surface area (Å²) in [6.07, 6.45) is 1.45. The molecule has 0 saturated carbocycles. The second kappa shape index (κ2) is 7.66. The smallest absolute Gasteiger partial charge is 0.159 e. The molecule has 1 rings (SSSR count). The maximum atomic E-state index is 13.1. The molecule has 0 aliphatic carbocycles. The summed E-state index contributed by atoms with van der Waals surface area (Å²) in [4.78, 5) is 0. The van der Waals surface area contributed by atoms with Crippen molar-refractivity contribution < 1.29 is 17.2 Å². The first kappa shape index (κ1) is 17.0. The van der Waals surface area contributed by atoms with E-state index >= 15 is 0 Å². The molecule has 1 aromatic carbocycles. The Balaban J connectivity index is 2.52. The molecule has 114 valence electrons. The quantitative estimate of drug-likeness (QED) is 0.565. The van der Waals surface area contributed by atoms with Gasteiger partial charge in [0.05, 0.1) is 5.75 Å². The van der Waals surface area contributed by atoms with Crippen molar-refractivity contribution in [1.29, 1.82) is 0 Å². The first-order valence-electron chi connectivity index (χ1n) is 6.48. The fourth-order valence-electron chi connectivity index (χ4n) is 1.89. The highest BCUT2D eigenvalue weighted by Gasteiger charge is 2.12. The largest absolute Gasteiger partial charge is 0.271 e. The zero-order valence-corrected chi connectivity index (χ0v) is 12.2. The second-order valence-electron chi connectivity index (χ2n) is 4.69. The maximum absolute atomic E-state index is 13.1. The van der Waals surface area contributed by atoms with Crippen LogP contribution in [0, 0.1) is 11.6 Å². The highest BCUT2D eigenvalue weighted by Crippen LogP contribution is 2.12. The molecule has 4 nitrogen and oxygen atoms in total. The summed E-state index contributed by atoms with van der Waals surface area (Å²) in [5.41, 5.74) is 3.19. The number of halogens is 2. The minimum atomic E-state index is -2.99. The van der Waals surface area contributed by atoms with Crippen molar-refractivity contribution in [3.63, 3.8) is 0 Å². The van der Waals surface area contributed by atoms with E-state index in [0.717, 1.165) is 12.1 Å². The lowest BCUT2D eigenvalue weighted by Gasteiger charge is -2.16. The molecule has 0 bridgehead atoms. The summed E-state index contributed by atoms with van der Waals surface area (Å²) in [6, 6.07) is 3.51. The Labute approximate surface area is 118 Å². The first-order chi connectivity index (χ1) is 9.38. The number of nitrogens with two attached hydrogens (primary N) is 1. The molecule has 0 amide bonds. The number of sulfone groups is 1. The summed E-state index contributed by atoms with van der Waals surface area (Å²) in [6.45, 7) is 1.61. The van der Waals surface area contributed by atoms with Crippen LogP contribution in [0.4, 0.5) is 8.78 Å². The van der Waals surface area contributed by atoms with Crippen molar-refractivity contribution >= 4 is 9.84 Å². The van der Waals surface area contributed by atoms with Gasteiger partial charge in [0.15, 0.2) is 11.6 Å². The van der Waals surface area contributed by atoms with Gasteiger partial charge in [-0.3, -0.25) is 11.3 Å². The molecule has 0 saturated heterocycles. The number of hydrogen-bond donors (Lipinski definition) is 2. The summed E-state index contributed by atoms with van der Waals surface area (Å²) < 4.78 is 48.6. The molecule has 0 radical (unpaired) electrons. The number of benzene rings is 1. The van der Waals surface area contributed by atoms with E-state index in [2.05, 4.69) is 5.43 Å². The van der Waals surface area contributed by atoms with Gasteiger partial charge >= 0.3 is 0 Å². The van der Waals surface area contributed by atoms with E-state index in [4.69, 9.17) is 5.84 Å². The minimum absolute atomic E-state index is 0.111. The van der Waals surface area contributed by atoms with Crippen LogP contribution in [-0.2, 0) is 16.3 Å².